The van der Waals surface area contributed by atoms with E-state index in [9.17, 15) is 9.90 Å². The Morgan fingerprint density at radius 2 is 1.89 bits per heavy atom. The number of nitrogens with one attached hydrogen (secondary N) is 1. The normalized spacial score (nSPS) is 12.2. The molecule has 1 unspecified atom stereocenters. The van der Waals surface area contributed by atoms with Gasteiger partial charge in [0.15, 0.2) is 6.04 Å². The number of anilines is 1. The number of thiophene rings is 1. The van der Waals surface area contributed by atoms with Crippen LogP contribution in [-0.4, -0.2) is 11.1 Å². The third kappa shape index (κ3) is 3.62. The highest BCUT2D eigenvalue weighted by Crippen LogP contribution is 2.29. The number of carboxylic acids is 1. The van der Waals surface area contributed by atoms with Crippen LogP contribution in [0.4, 0.5) is 5.69 Å². The van der Waals surface area contributed by atoms with Gasteiger partial charge in [-0.2, -0.15) is 0 Å². The van der Waals surface area contributed by atoms with Crippen molar-refractivity contribution in [1.82, 2.24) is 0 Å². The molecule has 1 atom stereocenters. The number of aryl methyl sites for hydroxylation is 1. The summed E-state index contributed by atoms with van der Waals surface area (Å²) in [4.78, 5) is 13.2. The zero-order valence-corrected chi connectivity index (χ0v) is 12.3. The summed E-state index contributed by atoms with van der Waals surface area (Å²) in [7, 11) is 0. The molecule has 0 spiro atoms. The molecule has 2 rings (SSSR count). The van der Waals surface area contributed by atoms with Gasteiger partial charge >= 0.3 is 5.97 Å². The highest BCUT2D eigenvalue weighted by Gasteiger charge is 2.21. The molecule has 3 nitrogen and oxygen atoms in total. The highest BCUT2D eigenvalue weighted by atomic mass is 35.5. The van der Waals surface area contributed by atoms with Crippen molar-refractivity contribution in [2.45, 2.75) is 13.0 Å². The van der Waals surface area contributed by atoms with E-state index >= 15 is 0 Å². The van der Waals surface area contributed by atoms with E-state index in [1.54, 1.807) is 24.3 Å². The summed E-state index contributed by atoms with van der Waals surface area (Å²) in [5, 5.41) is 13.2. The van der Waals surface area contributed by atoms with Crippen LogP contribution >= 0.6 is 34.5 Å². The van der Waals surface area contributed by atoms with Crippen LogP contribution in [0.15, 0.2) is 30.3 Å². The molecule has 2 aromatic rings. The average Bonchev–Trinajstić information content (AvgIpc) is 2.70. The van der Waals surface area contributed by atoms with Crippen molar-refractivity contribution in [2.24, 2.45) is 0 Å². The third-order valence-corrected chi connectivity index (χ3v) is 3.97. The number of aliphatic carboxylic acids is 1. The topological polar surface area (TPSA) is 49.3 Å². The van der Waals surface area contributed by atoms with Crippen LogP contribution in [0.3, 0.4) is 0 Å². The SMILES string of the molecule is Cc1ccc(C(Nc2cc(Cl)cc(Cl)c2)C(=O)O)s1. The molecule has 2 N–H and O–H groups in total. The summed E-state index contributed by atoms with van der Waals surface area (Å²) in [5.41, 5.74) is 0.580. The van der Waals surface area contributed by atoms with Gasteiger partial charge in [-0.05, 0) is 37.3 Å². The van der Waals surface area contributed by atoms with E-state index in [-0.39, 0.29) is 0 Å². The fourth-order valence-corrected chi connectivity index (χ4v) is 3.11. The lowest BCUT2D eigenvalue weighted by Gasteiger charge is -2.14. The molecule has 6 heteroatoms. The van der Waals surface area contributed by atoms with Crippen molar-refractivity contribution in [3.8, 4) is 0 Å². The fraction of sp³-hybridized carbons (Fsp3) is 0.154. The Hall–Kier alpha value is -1.23. The zero-order valence-electron chi connectivity index (χ0n) is 9.98. The first kappa shape index (κ1) is 14.2. The monoisotopic (exact) mass is 315 g/mol. The quantitative estimate of drug-likeness (QED) is 0.866. The van der Waals surface area contributed by atoms with Crippen LogP contribution < -0.4 is 5.32 Å². The van der Waals surface area contributed by atoms with Crippen LogP contribution in [0, 0.1) is 6.92 Å². The van der Waals surface area contributed by atoms with E-state index in [0.29, 0.717) is 15.7 Å². The molecule has 1 heterocycles. The average molecular weight is 316 g/mol. The molecule has 0 aliphatic heterocycles. The predicted octanol–water partition coefficient (Wildman–Crippen LogP) is 4.60. The molecule has 0 fully saturated rings. The molecule has 1 aromatic carbocycles. The number of hydrogen-bond acceptors (Lipinski definition) is 3. The molecule has 0 saturated heterocycles. The number of halogens is 2. The molecular formula is C13H11Cl2NO2S. The first-order valence-corrected chi connectivity index (χ1v) is 7.05. The maximum atomic E-state index is 11.4. The Kier molecular flexibility index (Phi) is 4.34. The maximum absolute atomic E-state index is 11.4. The summed E-state index contributed by atoms with van der Waals surface area (Å²) in [6, 6.07) is 7.77. The molecular weight excluding hydrogens is 305 g/mol. The van der Waals surface area contributed by atoms with Gasteiger partial charge in [-0.15, -0.1) is 11.3 Å². The molecule has 0 bridgehead atoms. The van der Waals surface area contributed by atoms with Gasteiger partial charge in [0.05, 0.1) is 0 Å². The summed E-state index contributed by atoms with van der Waals surface area (Å²) in [6.07, 6.45) is 0. The first-order chi connectivity index (χ1) is 8.95. The second kappa shape index (κ2) is 5.82. The van der Waals surface area contributed by atoms with Crippen molar-refractivity contribution in [1.29, 1.82) is 0 Å². The molecule has 19 heavy (non-hydrogen) atoms. The predicted molar refractivity (Wildman–Crippen MR) is 79.5 cm³/mol. The molecule has 0 amide bonds. The van der Waals surface area contributed by atoms with E-state index in [2.05, 4.69) is 5.32 Å². The van der Waals surface area contributed by atoms with E-state index < -0.39 is 12.0 Å². The van der Waals surface area contributed by atoms with Gasteiger partial charge in [-0.3, -0.25) is 0 Å². The Bertz CT molecular complexity index is 592. The molecule has 100 valence electrons. The van der Waals surface area contributed by atoms with Crippen molar-refractivity contribution in [2.75, 3.05) is 5.32 Å². The summed E-state index contributed by atoms with van der Waals surface area (Å²) in [6.45, 7) is 1.93. The molecule has 1 aromatic heterocycles. The zero-order chi connectivity index (χ0) is 14.0. The lowest BCUT2D eigenvalue weighted by molar-refractivity contribution is -0.138. The van der Waals surface area contributed by atoms with Crippen LogP contribution in [0.2, 0.25) is 10.0 Å². The van der Waals surface area contributed by atoms with Gasteiger partial charge in [0.2, 0.25) is 0 Å². The Morgan fingerprint density at radius 3 is 2.37 bits per heavy atom. The summed E-state index contributed by atoms with van der Waals surface area (Å²) < 4.78 is 0. The van der Waals surface area contributed by atoms with Gasteiger partial charge in [0.1, 0.15) is 0 Å². The first-order valence-electron chi connectivity index (χ1n) is 5.47. The largest absolute Gasteiger partial charge is 0.479 e. The standard InChI is InChI=1S/C13H11Cl2NO2S/c1-7-2-3-11(19-7)12(13(17)18)16-10-5-8(14)4-9(15)6-10/h2-6,12,16H,1H3,(H,17,18). The van der Waals surface area contributed by atoms with Crippen molar-refractivity contribution in [3.05, 3.63) is 50.1 Å². The van der Waals surface area contributed by atoms with Gasteiger partial charge in [0.25, 0.3) is 0 Å². The van der Waals surface area contributed by atoms with Crippen LogP contribution in [-0.2, 0) is 4.79 Å². The fourth-order valence-electron chi connectivity index (χ4n) is 1.67. The van der Waals surface area contributed by atoms with Gasteiger partial charge in [0, 0.05) is 25.5 Å². The molecule has 0 radical (unpaired) electrons. The Morgan fingerprint density at radius 1 is 1.26 bits per heavy atom. The maximum Gasteiger partial charge on any atom is 0.331 e. The minimum atomic E-state index is -0.946. The summed E-state index contributed by atoms with van der Waals surface area (Å²) >= 11 is 13.2. The van der Waals surface area contributed by atoms with E-state index in [1.165, 1.54) is 11.3 Å². The number of carbonyl (C=O) groups is 1. The van der Waals surface area contributed by atoms with Crippen LogP contribution in [0.5, 0.6) is 0 Å². The van der Waals surface area contributed by atoms with E-state index in [1.807, 2.05) is 13.0 Å². The second-order valence-corrected chi connectivity index (χ2v) is 6.21. The van der Waals surface area contributed by atoms with Crippen molar-refractivity contribution < 1.29 is 9.90 Å². The van der Waals surface area contributed by atoms with Crippen molar-refractivity contribution >= 4 is 46.2 Å². The van der Waals surface area contributed by atoms with Crippen LogP contribution in [0.25, 0.3) is 0 Å². The minimum Gasteiger partial charge on any atom is -0.479 e. The van der Waals surface area contributed by atoms with E-state index in [4.69, 9.17) is 23.2 Å². The molecule has 0 saturated carbocycles. The lowest BCUT2D eigenvalue weighted by Crippen LogP contribution is -2.19. The molecule has 0 aliphatic rings. The Labute approximate surface area is 124 Å². The summed E-state index contributed by atoms with van der Waals surface area (Å²) in [5.74, 6) is -0.946. The lowest BCUT2D eigenvalue weighted by atomic mass is 10.2. The Balaban J connectivity index is 2.29. The smallest absolute Gasteiger partial charge is 0.331 e. The number of rotatable bonds is 4. The second-order valence-electron chi connectivity index (χ2n) is 4.02. The number of hydrogen-bond donors (Lipinski definition) is 2. The van der Waals surface area contributed by atoms with Crippen molar-refractivity contribution in [3.63, 3.8) is 0 Å². The van der Waals surface area contributed by atoms with Gasteiger partial charge < -0.3 is 10.4 Å². The highest BCUT2D eigenvalue weighted by molar-refractivity contribution is 7.12. The van der Waals surface area contributed by atoms with E-state index in [0.717, 1.165) is 9.75 Å². The molecule has 0 aliphatic carbocycles. The number of carboxylic acid groups (broad SMARTS) is 1. The van der Waals surface area contributed by atoms with Crippen LogP contribution in [0.1, 0.15) is 15.8 Å². The number of benzene rings is 1. The third-order valence-electron chi connectivity index (χ3n) is 2.47. The van der Waals surface area contributed by atoms with Gasteiger partial charge in [-0.1, -0.05) is 23.2 Å². The minimum absolute atomic E-state index is 0.460. The van der Waals surface area contributed by atoms with Gasteiger partial charge in [-0.25, -0.2) is 4.79 Å².